The summed E-state index contributed by atoms with van der Waals surface area (Å²) in [5.41, 5.74) is -0.924. The first-order valence-electron chi connectivity index (χ1n) is 2.79. The Hall–Kier alpha value is -0.290. The standard InChI is InChI=1S/C6H2BrClF3N/c7-5-1-4(8)3(2-12-5)6(9,10)11/h1-2H. The average Bonchev–Trinajstić information content (AvgIpc) is 1.83. The van der Waals surface area contributed by atoms with Crippen molar-refractivity contribution in [2.75, 3.05) is 0 Å². The van der Waals surface area contributed by atoms with Crippen LogP contribution >= 0.6 is 27.5 Å². The van der Waals surface area contributed by atoms with Crippen LogP contribution in [0.3, 0.4) is 0 Å². The molecule has 6 heteroatoms. The summed E-state index contributed by atoms with van der Waals surface area (Å²) in [7, 11) is 0. The number of hydrogen-bond donors (Lipinski definition) is 0. The van der Waals surface area contributed by atoms with E-state index in [0.29, 0.717) is 6.20 Å². The Kier molecular flexibility index (Phi) is 2.63. The second-order valence-electron chi connectivity index (χ2n) is 1.98. The Morgan fingerprint density at radius 2 is 2.00 bits per heavy atom. The molecule has 0 fully saturated rings. The number of hydrogen-bond acceptors (Lipinski definition) is 1. The molecule has 0 aliphatic rings. The molecule has 0 saturated heterocycles. The summed E-state index contributed by atoms with van der Waals surface area (Å²) >= 11 is 8.22. The fraction of sp³-hybridized carbons (Fsp3) is 0.167. The summed E-state index contributed by atoms with van der Waals surface area (Å²) in [6.07, 6.45) is -3.75. The summed E-state index contributed by atoms with van der Waals surface area (Å²) in [4.78, 5) is 3.42. The second kappa shape index (κ2) is 3.22. The third kappa shape index (κ3) is 2.10. The van der Waals surface area contributed by atoms with Crippen molar-refractivity contribution in [1.82, 2.24) is 4.98 Å². The molecule has 0 amide bonds. The van der Waals surface area contributed by atoms with E-state index in [4.69, 9.17) is 11.6 Å². The zero-order valence-electron chi connectivity index (χ0n) is 5.49. The first-order valence-corrected chi connectivity index (χ1v) is 3.96. The van der Waals surface area contributed by atoms with E-state index < -0.39 is 11.7 Å². The van der Waals surface area contributed by atoms with E-state index in [1.165, 1.54) is 0 Å². The third-order valence-corrected chi connectivity index (χ3v) is 1.87. The molecule has 12 heavy (non-hydrogen) atoms. The van der Waals surface area contributed by atoms with Crippen LogP contribution in [0.4, 0.5) is 13.2 Å². The summed E-state index contributed by atoms with van der Waals surface area (Å²) in [6, 6.07) is 1.10. The van der Waals surface area contributed by atoms with Crippen molar-refractivity contribution < 1.29 is 13.2 Å². The van der Waals surface area contributed by atoms with Gasteiger partial charge in [-0.05, 0) is 22.0 Å². The fourth-order valence-corrected chi connectivity index (χ4v) is 1.34. The molecule has 0 unspecified atom stereocenters. The van der Waals surface area contributed by atoms with Crippen molar-refractivity contribution in [3.05, 3.63) is 27.5 Å². The molecule has 0 radical (unpaired) electrons. The van der Waals surface area contributed by atoms with Crippen molar-refractivity contribution in [1.29, 1.82) is 0 Å². The highest BCUT2D eigenvalue weighted by Gasteiger charge is 2.33. The molecule has 0 aromatic carbocycles. The fourth-order valence-electron chi connectivity index (χ4n) is 0.616. The summed E-state index contributed by atoms with van der Waals surface area (Å²) in [5, 5.41) is -0.357. The number of rotatable bonds is 0. The Morgan fingerprint density at radius 3 is 2.42 bits per heavy atom. The molecule has 1 aromatic rings. The molecule has 0 aliphatic carbocycles. The lowest BCUT2D eigenvalue weighted by molar-refractivity contribution is -0.137. The normalized spacial score (nSPS) is 11.8. The maximum atomic E-state index is 12.0. The van der Waals surface area contributed by atoms with Gasteiger partial charge in [0.25, 0.3) is 0 Å². The smallest absolute Gasteiger partial charge is 0.249 e. The number of pyridine rings is 1. The monoisotopic (exact) mass is 259 g/mol. The summed E-state index contributed by atoms with van der Waals surface area (Å²) < 4.78 is 36.4. The minimum atomic E-state index is -4.44. The van der Waals surface area contributed by atoms with Gasteiger partial charge in [0.2, 0.25) is 0 Å². The lowest BCUT2D eigenvalue weighted by Crippen LogP contribution is -2.06. The van der Waals surface area contributed by atoms with Crippen molar-refractivity contribution >= 4 is 27.5 Å². The van der Waals surface area contributed by atoms with E-state index in [9.17, 15) is 13.2 Å². The third-order valence-electron chi connectivity index (χ3n) is 1.13. The van der Waals surface area contributed by atoms with Crippen LogP contribution in [0.25, 0.3) is 0 Å². The average molecular weight is 260 g/mol. The quantitative estimate of drug-likeness (QED) is 0.650. The highest BCUT2D eigenvalue weighted by atomic mass is 79.9. The Labute approximate surface area is 79.7 Å². The molecule has 0 spiro atoms. The number of halogens is 5. The van der Waals surface area contributed by atoms with Gasteiger partial charge in [-0.1, -0.05) is 11.6 Å². The minimum Gasteiger partial charge on any atom is -0.249 e. The van der Waals surface area contributed by atoms with E-state index in [2.05, 4.69) is 20.9 Å². The van der Waals surface area contributed by atoms with E-state index >= 15 is 0 Å². The van der Waals surface area contributed by atoms with Crippen LogP contribution in [0.2, 0.25) is 5.02 Å². The van der Waals surface area contributed by atoms with E-state index in [1.807, 2.05) is 0 Å². The van der Waals surface area contributed by atoms with Crippen LogP contribution in [-0.4, -0.2) is 4.98 Å². The molecule has 0 bridgehead atoms. The zero-order chi connectivity index (χ0) is 9.35. The largest absolute Gasteiger partial charge is 0.419 e. The van der Waals surface area contributed by atoms with E-state index in [0.717, 1.165) is 6.07 Å². The first-order chi connectivity index (χ1) is 5.41. The SMILES string of the molecule is FC(F)(F)c1cnc(Br)cc1Cl. The second-order valence-corrected chi connectivity index (χ2v) is 3.20. The molecule has 0 saturated carbocycles. The van der Waals surface area contributed by atoms with Crippen LogP contribution < -0.4 is 0 Å². The van der Waals surface area contributed by atoms with Crippen LogP contribution in [-0.2, 0) is 6.18 Å². The summed E-state index contributed by atoms with van der Waals surface area (Å²) in [5.74, 6) is 0. The van der Waals surface area contributed by atoms with Crippen LogP contribution in [0, 0.1) is 0 Å². The van der Waals surface area contributed by atoms with Gasteiger partial charge in [-0.3, -0.25) is 0 Å². The van der Waals surface area contributed by atoms with Crippen molar-refractivity contribution in [2.24, 2.45) is 0 Å². The first kappa shape index (κ1) is 9.80. The van der Waals surface area contributed by atoms with Gasteiger partial charge in [0.1, 0.15) is 4.60 Å². The molecule has 1 nitrogen and oxygen atoms in total. The molecular weight excluding hydrogens is 258 g/mol. The maximum absolute atomic E-state index is 12.0. The lowest BCUT2D eigenvalue weighted by Gasteiger charge is -2.07. The molecular formula is C6H2BrClF3N. The number of alkyl halides is 3. The van der Waals surface area contributed by atoms with E-state index in [-0.39, 0.29) is 9.63 Å². The van der Waals surface area contributed by atoms with Crippen molar-refractivity contribution in [3.63, 3.8) is 0 Å². The lowest BCUT2D eigenvalue weighted by atomic mass is 10.3. The van der Waals surface area contributed by atoms with Gasteiger partial charge in [-0.15, -0.1) is 0 Å². The predicted octanol–water partition coefficient (Wildman–Crippen LogP) is 3.52. The zero-order valence-corrected chi connectivity index (χ0v) is 7.83. The molecule has 0 N–H and O–H groups in total. The van der Waals surface area contributed by atoms with Gasteiger partial charge < -0.3 is 0 Å². The maximum Gasteiger partial charge on any atom is 0.419 e. The topological polar surface area (TPSA) is 12.9 Å². The Balaban J connectivity index is 3.19. The predicted molar refractivity (Wildman–Crippen MR) is 41.9 cm³/mol. The van der Waals surface area contributed by atoms with Gasteiger partial charge in [-0.25, -0.2) is 4.98 Å². The molecule has 1 aromatic heterocycles. The van der Waals surface area contributed by atoms with Crippen molar-refractivity contribution in [2.45, 2.75) is 6.18 Å². The molecule has 0 aliphatic heterocycles. The minimum absolute atomic E-state index is 0.278. The summed E-state index contributed by atoms with van der Waals surface area (Å²) in [6.45, 7) is 0. The molecule has 1 heterocycles. The number of aromatic nitrogens is 1. The number of nitrogens with zero attached hydrogens (tertiary/aromatic N) is 1. The highest BCUT2D eigenvalue weighted by Crippen LogP contribution is 2.34. The van der Waals surface area contributed by atoms with Gasteiger partial charge in [0.05, 0.1) is 10.6 Å². The highest BCUT2D eigenvalue weighted by molar-refractivity contribution is 9.10. The van der Waals surface area contributed by atoms with Gasteiger partial charge in [0, 0.05) is 6.20 Å². The Morgan fingerprint density at radius 1 is 1.42 bits per heavy atom. The molecule has 0 atom stereocenters. The van der Waals surface area contributed by atoms with Gasteiger partial charge >= 0.3 is 6.18 Å². The van der Waals surface area contributed by atoms with E-state index in [1.54, 1.807) is 0 Å². The van der Waals surface area contributed by atoms with Crippen molar-refractivity contribution in [3.8, 4) is 0 Å². The molecule has 1 rings (SSSR count). The van der Waals surface area contributed by atoms with Crippen LogP contribution in [0.1, 0.15) is 5.56 Å². The van der Waals surface area contributed by atoms with Crippen LogP contribution in [0.5, 0.6) is 0 Å². The Bertz CT molecular complexity index is 299. The van der Waals surface area contributed by atoms with Crippen LogP contribution in [0.15, 0.2) is 16.9 Å². The molecule has 66 valence electrons. The van der Waals surface area contributed by atoms with Gasteiger partial charge in [0.15, 0.2) is 0 Å². The van der Waals surface area contributed by atoms with Gasteiger partial charge in [-0.2, -0.15) is 13.2 Å².